The number of hydrogen-bond acceptors (Lipinski definition) is 4. The number of primary amides is 1. The molecule has 0 bridgehead atoms. The smallest absolute Gasteiger partial charge is 0.384 e. The van der Waals surface area contributed by atoms with E-state index >= 15 is 0 Å². The molecule has 0 radical (unpaired) electrons. The maximum Gasteiger partial charge on any atom is 0.416 e. The van der Waals surface area contributed by atoms with Crippen molar-refractivity contribution in [3.8, 4) is 0 Å². The van der Waals surface area contributed by atoms with Crippen LogP contribution in [-0.4, -0.2) is 24.0 Å². The molecule has 0 spiro atoms. The van der Waals surface area contributed by atoms with Gasteiger partial charge in [-0.1, -0.05) is 13.8 Å². The molecule has 0 fully saturated rings. The monoisotopic (exact) mass is 290 g/mol. The molecule has 8 heteroatoms. The quantitative estimate of drug-likeness (QED) is 0.863. The normalized spacial score (nSPS) is 11.7. The number of aromatic nitrogens is 1. The lowest BCUT2D eigenvalue weighted by Gasteiger charge is -2.25. The predicted octanol–water partition coefficient (Wildman–Crippen LogP) is 1.63. The average Bonchev–Trinajstić information content (AvgIpc) is 2.24. The van der Waals surface area contributed by atoms with Gasteiger partial charge < -0.3 is 16.4 Å². The number of alkyl halides is 3. The largest absolute Gasteiger partial charge is 0.416 e. The fourth-order valence-electron chi connectivity index (χ4n) is 1.73. The van der Waals surface area contributed by atoms with Gasteiger partial charge in [0.1, 0.15) is 11.6 Å². The summed E-state index contributed by atoms with van der Waals surface area (Å²) in [5.74, 6) is -0.798. The average molecular weight is 290 g/mol. The van der Waals surface area contributed by atoms with Gasteiger partial charge in [-0.15, -0.1) is 0 Å². The highest BCUT2D eigenvalue weighted by Gasteiger charge is 2.32. The number of nitrogens with zero attached hydrogens (tertiary/aromatic N) is 2. The number of nitrogens with two attached hydrogens (primary N) is 2. The molecule has 1 rings (SSSR count). The second-order valence-corrected chi connectivity index (χ2v) is 4.88. The molecular formula is C12H17F3N4O. The molecule has 0 aliphatic rings. The van der Waals surface area contributed by atoms with Crippen molar-refractivity contribution < 1.29 is 18.0 Å². The first kappa shape index (κ1) is 16.1. The van der Waals surface area contributed by atoms with Gasteiger partial charge in [-0.05, 0) is 18.1 Å². The third-order valence-electron chi connectivity index (χ3n) is 2.42. The highest BCUT2D eigenvalue weighted by molar-refractivity contribution is 5.79. The number of pyridine rings is 1. The van der Waals surface area contributed by atoms with E-state index in [9.17, 15) is 18.0 Å². The number of nitrogen functional groups attached to an aromatic ring is 1. The van der Waals surface area contributed by atoms with Crippen LogP contribution in [0.15, 0.2) is 12.1 Å². The highest BCUT2D eigenvalue weighted by Crippen LogP contribution is 2.32. The van der Waals surface area contributed by atoms with Crippen LogP contribution in [0.5, 0.6) is 0 Å². The fourth-order valence-corrected chi connectivity index (χ4v) is 1.73. The zero-order valence-corrected chi connectivity index (χ0v) is 11.2. The van der Waals surface area contributed by atoms with Gasteiger partial charge >= 0.3 is 6.18 Å². The van der Waals surface area contributed by atoms with Crippen LogP contribution in [0.2, 0.25) is 0 Å². The second kappa shape index (κ2) is 5.98. The van der Waals surface area contributed by atoms with Crippen LogP contribution >= 0.6 is 0 Å². The number of amides is 1. The fraction of sp³-hybridized carbons (Fsp3) is 0.500. The predicted molar refractivity (Wildman–Crippen MR) is 69.9 cm³/mol. The van der Waals surface area contributed by atoms with Crippen molar-refractivity contribution in [2.75, 3.05) is 23.7 Å². The molecule has 0 aliphatic heterocycles. The Bertz CT molecular complexity index is 488. The van der Waals surface area contributed by atoms with Gasteiger partial charge in [-0.2, -0.15) is 13.2 Å². The minimum atomic E-state index is -4.53. The number of anilines is 2. The summed E-state index contributed by atoms with van der Waals surface area (Å²) in [6.07, 6.45) is -4.53. The van der Waals surface area contributed by atoms with E-state index in [0.717, 1.165) is 12.1 Å². The molecule has 1 aromatic heterocycles. The molecule has 0 saturated heterocycles. The number of rotatable bonds is 5. The van der Waals surface area contributed by atoms with E-state index in [1.165, 1.54) is 4.90 Å². The topological polar surface area (TPSA) is 85.2 Å². The molecule has 0 saturated carbocycles. The Balaban J connectivity index is 3.18. The van der Waals surface area contributed by atoms with Gasteiger partial charge in [0, 0.05) is 6.54 Å². The minimum absolute atomic E-state index is 0.00942. The Labute approximate surface area is 114 Å². The lowest BCUT2D eigenvalue weighted by Crippen LogP contribution is -2.37. The molecule has 112 valence electrons. The van der Waals surface area contributed by atoms with Gasteiger partial charge in [0.15, 0.2) is 0 Å². The van der Waals surface area contributed by atoms with Crippen LogP contribution in [-0.2, 0) is 11.0 Å². The number of carbonyl (C=O) groups is 1. The summed E-state index contributed by atoms with van der Waals surface area (Å²) in [5.41, 5.74) is 9.60. The molecule has 1 aromatic rings. The van der Waals surface area contributed by atoms with Gasteiger partial charge in [0.25, 0.3) is 0 Å². The molecular weight excluding hydrogens is 273 g/mol. The van der Waals surface area contributed by atoms with Crippen molar-refractivity contribution in [2.24, 2.45) is 11.7 Å². The summed E-state index contributed by atoms with van der Waals surface area (Å²) in [7, 11) is 0. The third kappa shape index (κ3) is 4.60. The van der Waals surface area contributed by atoms with Gasteiger partial charge in [-0.25, -0.2) is 4.98 Å². The zero-order chi connectivity index (χ0) is 15.5. The van der Waals surface area contributed by atoms with Crippen LogP contribution < -0.4 is 16.4 Å². The molecule has 4 N–H and O–H groups in total. The van der Waals surface area contributed by atoms with E-state index in [1.54, 1.807) is 0 Å². The summed E-state index contributed by atoms with van der Waals surface area (Å²) in [5, 5.41) is 0. The summed E-state index contributed by atoms with van der Waals surface area (Å²) in [6, 6.07) is 1.61. The van der Waals surface area contributed by atoms with E-state index < -0.39 is 17.6 Å². The Morgan fingerprint density at radius 1 is 1.40 bits per heavy atom. The van der Waals surface area contributed by atoms with E-state index in [4.69, 9.17) is 11.5 Å². The van der Waals surface area contributed by atoms with Gasteiger partial charge in [0.2, 0.25) is 5.91 Å². The first-order valence-corrected chi connectivity index (χ1v) is 5.97. The molecule has 1 heterocycles. The van der Waals surface area contributed by atoms with Crippen molar-refractivity contribution in [3.63, 3.8) is 0 Å². The van der Waals surface area contributed by atoms with Crippen molar-refractivity contribution >= 4 is 17.5 Å². The Hall–Kier alpha value is -1.99. The number of hydrogen-bond donors (Lipinski definition) is 2. The highest BCUT2D eigenvalue weighted by atomic mass is 19.4. The Morgan fingerprint density at radius 3 is 2.45 bits per heavy atom. The van der Waals surface area contributed by atoms with Crippen LogP contribution in [0.25, 0.3) is 0 Å². The van der Waals surface area contributed by atoms with E-state index in [1.807, 2.05) is 13.8 Å². The SMILES string of the molecule is CC(C)CN(CC(N)=O)c1cc(C(F)(F)F)cc(N)n1. The standard InChI is InChI=1S/C12H17F3N4O/c1-7(2)5-19(6-10(17)20)11-4-8(12(13,14)15)3-9(16)18-11/h3-4,7H,5-6H2,1-2H3,(H2,16,18)(H2,17,20). The molecule has 5 nitrogen and oxygen atoms in total. The van der Waals surface area contributed by atoms with Crippen LogP contribution in [0.4, 0.5) is 24.8 Å². The maximum absolute atomic E-state index is 12.7. The first-order valence-electron chi connectivity index (χ1n) is 5.97. The lowest BCUT2D eigenvalue weighted by atomic mass is 10.2. The molecule has 0 aliphatic carbocycles. The third-order valence-corrected chi connectivity index (χ3v) is 2.42. The molecule has 1 amide bonds. The molecule has 0 atom stereocenters. The van der Waals surface area contributed by atoms with Crippen LogP contribution in [0.3, 0.4) is 0 Å². The molecule has 0 aromatic carbocycles. The summed E-state index contributed by atoms with van der Waals surface area (Å²) < 4.78 is 38.2. The Kier molecular flexibility index (Phi) is 4.80. The lowest BCUT2D eigenvalue weighted by molar-refractivity contribution is -0.137. The first-order chi connectivity index (χ1) is 9.09. The number of carbonyl (C=O) groups excluding carboxylic acids is 1. The van der Waals surface area contributed by atoms with Gasteiger partial charge in [-0.3, -0.25) is 4.79 Å². The van der Waals surface area contributed by atoms with E-state index in [-0.39, 0.29) is 24.1 Å². The van der Waals surface area contributed by atoms with Crippen molar-refractivity contribution in [1.82, 2.24) is 4.98 Å². The van der Waals surface area contributed by atoms with Crippen molar-refractivity contribution in [2.45, 2.75) is 20.0 Å². The molecule has 20 heavy (non-hydrogen) atoms. The van der Waals surface area contributed by atoms with Crippen molar-refractivity contribution in [1.29, 1.82) is 0 Å². The summed E-state index contributed by atoms with van der Waals surface area (Å²) in [4.78, 5) is 16.3. The van der Waals surface area contributed by atoms with E-state index in [2.05, 4.69) is 4.98 Å². The minimum Gasteiger partial charge on any atom is -0.384 e. The summed E-state index contributed by atoms with van der Waals surface area (Å²) in [6.45, 7) is 3.86. The number of halogens is 3. The van der Waals surface area contributed by atoms with Crippen molar-refractivity contribution in [3.05, 3.63) is 17.7 Å². The Morgan fingerprint density at radius 2 is 2.00 bits per heavy atom. The molecule has 0 unspecified atom stereocenters. The second-order valence-electron chi connectivity index (χ2n) is 4.88. The van der Waals surface area contributed by atoms with E-state index in [0.29, 0.717) is 6.54 Å². The van der Waals surface area contributed by atoms with Crippen LogP contribution in [0, 0.1) is 5.92 Å². The zero-order valence-electron chi connectivity index (χ0n) is 11.2. The maximum atomic E-state index is 12.7. The van der Waals surface area contributed by atoms with Crippen LogP contribution in [0.1, 0.15) is 19.4 Å². The summed E-state index contributed by atoms with van der Waals surface area (Å²) >= 11 is 0. The van der Waals surface area contributed by atoms with Gasteiger partial charge in [0.05, 0.1) is 12.1 Å².